The number of hydrogen-bond donors (Lipinski definition) is 2. The van der Waals surface area contributed by atoms with Crippen LogP contribution in [0.4, 0.5) is 0 Å². The van der Waals surface area contributed by atoms with Crippen LogP contribution in [-0.2, 0) is 22.7 Å². The number of aromatic nitrogens is 2. The maximum absolute atomic E-state index is 12.3. The molecule has 0 saturated carbocycles. The zero-order valence-corrected chi connectivity index (χ0v) is 15.1. The number of hydrogen-bond acceptors (Lipinski definition) is 6. The van der Waals surface area contributed by atoms with Crippen LogP contribution in [0.15, 0.2) is 15.7 Å². The van der Waals surface area contributed by atoms with E-state index in [1.807, 2.05) is 11.9 Å². The number of piperazine rings is 1. The number of carboxylic acids is 1. The Hall–Kier alpha value is -2.46. The van der Waals surface area contributed by atoms with E-state index in [-0.39, 0.29) is 31.2 Å². The average molecular weight is 367 g/mol. The third kappa shape index (κ3) is 5.27. The molecule has 1 saturated heterocycles. The van der Waals surface area contributed by atoms with Gasteiger partial charge in [-0.1, -0.05) is 0 Å². The van der Waals surface area contributed by atoms with Crippen molar-refractivity contribution in [1.82, 2.24) is 24.3 Å². The minimum Gasteiger partial charge on any atom is -0.480 e. The maximum Gasteiger partial charge on any atom is 0.331 e. The quantitative estimate of drug-likeness (QED) is 0.560. The highest BCUT2D eigenvalue weighted by atomic mass is 16.4. The molecule has 0 bridgehead atoms. The molecular formula is C16H25N5O5. The lowest BCUT2D eigenvalue weighted by Crippen LogP contribution is -2.49. The van der Waals surface area contributed by atoms with Crippen molar-refractivity contribution in [3.8, 4) is 0 Å². The van der Waals surface area contributed by atoms with Crippen LogP contribution in [0.1, 0.15) is 5.69 Å². The summed E-state index contributed by atoms with van der Waals surface area (Å²) in [5.74, 6) is -1.33. The van der Waals surface area contributed by atoms with Crippen LogP contribution >= 0.6 is 0 Å². The van der Waals surface area contributed by atoms with Crippen molar-refractivity contribution in [2.75, 3.05) is 46.3 Å². The number of nitrogens with one attached hydrogen (secondary N) is 1. The third-order valence-electron chi connectivity index (χ3n) is 4.40. The van der Waals surface area contributed by atoms with Crippen molar-refractivity contribution in [2.24, 2.45) is 0 Å². The molecule has 1 fully saturated rings. The van der Waals surface area contributed by atoms with Crippen molar-refractivity contribution in [2.45, 2.75) is 20.0 Å². The van der Waals surface area contributed by atoms with Gasteiger partial charge in [-0.3, -0.25) is 28.4 Å². The molecule has 1 amide bonds. The summed E-state index contributed by atoms with van der Waals surface area (Å²) >= 11 is 0. The Balaban J connectivity index is 1.93. The fourth-order valence-corrected chi connectivity index (χ4v) is 2.83. The number of carboxylic acid groups (broad SMARTS) is 1. The summed E-state index contributed by atoms with van der Waals surface area (Å²) in [4.78, 5) is 51.4. The third-order valence-corrected chi connectivity index (χ3v) is 4.40. The van der Waals surface area contributed by atoms with Crippen molar-refractivity contribution in [3.05, 3.63) is 32.6 Å². The summed E-state index contributed by atoms with van der Waals surface area (Å²) in [6.45, 7) is 4.85. The zero-order chi connectivity index (χ0) is 19.3. The van der Waals surface area contributed by atoms with E-state index >= 15 is 0 Å². The first-order valence-electron chi connectivity index (χ1n) is 8.48. The summed E-state index contributed by atoms with van der Waals surface area (Å²) in [5.41, 5.74) is -0.911. The van der Waals surface area contributed by atoms with Gasteiger partial charge >= 0.3 is 11.7 Å². The van der Waals surface area contributed by atoms with Crippen LogP contribution < -0.4 is 16.6 Å². The molecule has 0 aliphatic carbocycles. The lowest BCUT2D eigenvalue weighted by Gasteiger charge is -2.31. The zero-order valence-electron chi connectivity index (χ0n) is 15.1. The van der Waals surface area contributed by atoms with E-state index in [0.29, 0.717) is 0 Å². The molecule has 144 valence electrons. The molecule has 0 radical (unpaired) electrons. The van der Waals surface area contributed by atoms with Gasteiger partial charge < -0.3 is 15.3 Å². The topological polar surface area (TPSA) is 117 Å². The van der Waals surface area contributed by atoms with Crippen LogP contribution in [0.5, 0.6) is 0 Å². The molecule has 0 unspecified atom stereocenters. The highest BCUT2D eigenvalue weighted by Gasteiger charge is 2.16. The lowest BCUT2D eigenvalue weighted by atomic mass is 10.3. The molecule has 2 rings (SSSR count). The van der Waals surface area contributed by atoms with Crippen molar-refractivity contribution in [1.29, 1.82) is 0 Å². The predicted octanol–water partition coefficient (Wildman–Crippen LogP) is -2.23. The normalized spacial score (nSPS) is 15.8. The molecule has 0 spiro atoms. The highest BCUT2D eigenvalue weighted by molar-refractivity contribution is 5.77. The highest BCUT2D eigenvalue weighted by Crippen LogP contribution is 1.98. The first-order valence-corrected chi connectivity index (χ1v) is 8.48. The maximum atomic E-state index is 12.3. The monoisotopic (exact) mass is 367 g/mol. The van der Waals surface area contributed by atoms with Crippen molar-refractivity contribution < 1.29 is 14.7 Å². The van der Waals surface area contributed by atoms with Gasteiger partial charge in [-0.05, 0) is 14.0 Å². The van der Waals surface area contributed by atoms with E-state index in [1.165, 1.54) is 13.0 Å². The molecular weight excluding hydrogens is 342 g/mol. The second-order valence-corrected chi connectivity index (χ2v) is 6.47. The number of carbonyl (C=O) groups excluding carboxylic acids is 1. The lowest BCUT2D eigenvalue weighted by molar-refractivity contribution is -0.137. The van der Waals surface area contributed by atoms with Gasteiger partial charge in [0, 0.05) is 51.0 Å². The van der Waals surface area contributed by atoms with Crippen LogP contribution in [0.2, 0.25) is 0 Å². The van der Waals surface area contributed by atoms with Gasteiger partial charge in [0.1, 0.15) is 6.54 Å². The average Bonchev–Trinajstić information content (AvgIpc) is 2.56. The Labute approximate surface area is 150 Å². The number of amides is 1. The van der Waals surface area contributed by atoms with E-state index < -0.39 is 23.8 Å². The molecule has 2 heterocycles. The SMILES string of the molecule is Cc1cc(=O)n(CCNC(=O)CN2CCN(C)CC2)c(=O)n1CC(=O)O. The van der Waals surface area contributed by atoms with E-state index in [0.717, 1.165) is 35.3 Å². The predicted molar refractivity (Wildman–Crippen MR) is 94.3 cm³/mol. The Morgan fingerprint density at radius 1 is 1.12 bits per heavy atom. The van der Waals surface area contributed by atoms with Gasteiger partial charge in [-0.2, -0.15) is 0 Å². The molecule has 1 aliphatic heterocycles. The number of aliphatic carboxylic acids is 1. The summed E-state index contributed by atoms with van der Waals surface area (Å²) in [6.07, 6.45) is 0. The van der Waals surface area contributed by atoms with Gasteiger partial charge in [0.05, 0.1) is 6.54 Å². The van der Waals surface area contributed by atoms with Gasteiger partial charge in [-0.25, -0.2) is 4.79 Å². The molecule has 10 heteroatoms. The molecule has 1 aromatic rings. The standard InChI is InChI=1S/C16H25N5O5/c1-12-9-14(23)20(16(26)21(12)11-15(24)25)4-3-17-13(22)10-19-7-5-18(2)6-8-19/h9H,3-8,10-11H2,1-2H3,(H,17,22)(H,24,25). The van der Waals surface area contributed by atoms with Gasteiger partial charge in [0.25, 0.3) is 5.56 Å². The van der Waals surface area contributed by atoms with E-state index in [4.69, 9.17) is 5.11 Å². The van der Waals surface area contributed by atoms with E-state index in [1.54, 1.807) is 0 Å². The fraction of sp³-hybridized carbons (Fsp3) is 0.625. The summed E-state index contributed by atoms with van der Waals surface area (Å²) in [5, 5.41) is 11.6. The largest absolute Gasteiger partial charge is 0.480 e. The van der Waals surface area contributed by atoms with Crippen molar-refractivity contribution in [3.63, 3.8) is 0 Å². The minimum absolute atomic E-state index is 0.00789. The fourth-order valence-electron chi connectivity index (χ4n) is 2.83. The first kappa shape index (κ1) is 19.9. The Morgan fingerprint density at radius 2 is 1.77 bits per heavy atom. The summed E-state index contributed by atoms with van der Waals surface area (Å²) < 4.78 is 1.96. The van der Waals surface area contributed by atoms with Crippen LogP contribution in [-0.4, -0.2) is 82.2 Å². The van der Waals surface area contributed by atoms with E-state index in [9.17, 15) is 19.2 Å². The second kappa shape index (κ2) is 8.77. The van der Waals surface area contributed by atoms with Crippen LogP contribution in [0.3, 0.4) is 0 Å². The molecule has 0 aromatic carbocycles. The van der Waals surface area contributed by atoms with Gasteiger partial charge in [-0.15, -0.1) is 0 Å². The summed E-state index contributed by atoms with van der Waals surface area (Å²) in [6, 6.07) is 1.22. The second-order valence-electron chi connectivity index (χ2n) is 6.47. The number of nitrogens with zero attached hydrogens (tertiary/aromatic N) is 4. The molecule has 26 heavy (non-hydrogen) atoms. The molecule has 2 N–H and O–H groups in total. The van der Waals surface area contributed by atoms with Crippen LogP contribution in [0.25, 0.3) is 0 Å². The van der Waals surface area contributed by atoms with Crippen molar-refractivity contribution >= 4 is 11.9 Å². The molecule has 1 aromatic heterocycles. The first-order chi connectivity index (χ1) is 12.3. The Kier molecular flexibility index (Phi) is 6.70. The molecule has 10 nitrogen and oxygen atoms in total. The van der Waals surface area contributed by atoms with Gasteiger partial charge in [0.15, 0.2) is 0 Å². The molecule has 1 aliphatic rings. The minimum atomic E-state index is -1.17. The number of rotatable bonds is 7. The molecule has 0 atom stereocenters. The van der Waals surface area contributed by atoms with Gasteiger partial charge in [0.2, 0.25) is 5.91 Å². The Bertz CT molecular complexity index is 776. The number of aryl methyl sites for hydroxylation is 1. The smallest absolute Gasteiger partial charge is 0.331 e. The summed E-state index contributed by atoms with van der Waals surface area (Å²) in [7, 11) is 2.04. The van der Waals surface area contributed by atoms with Crippen LogP contribution in [0, 0.1) is 6.92 Å². The number of carbonyl (C=O) groups is 2. The Morgan fingerprint density at radius 3 is 2.38 bits per heavy atom. The van der Waals surface area contributed by atoms with E-state index in [2.05, 4.69) is 10.2 Å². The number of likely N-dealkylation sites (N-methyl/N-ethyl adjacent to an activating group) is 1.